The predicted molar refractivity (Wildman–Crippen MR) is 114 cm³/mol. The molecule has 28 heavy (non-hydrogen) atoms. The van der Waals surface area contributed by atoms with Gasteiger partial charge in [-0.2, -0.15) is 0 Å². The van der Waals surface area contributed by atoms with Crippen molar-refractivity contribution in [1.82, 2.24) is 0 Å². The Morgan fingerprint density at radius 1 is 1.29 bits per heavy atom. The molecule has 0 aromatic heterocycles. The molecule has 2 N–H and O–H groups in total. The molecule has 5 heteroatoms. The van der Waals surface area contributed by atoms with Crippen molar-refractivity contribution >= 4 is 17.3 Å². The van der Waals surface area contributed by atoms with E-state index in [-0.39, 0.29) is 17.6 Å². The van der Waals surface area contributed by atoms with E-state index >= 15 is 0 Å². The normalized spacial score (nSPS) is 33.4. The second kappa shape index (κ2) is 7.79. The van der Waals surface area contributed by atoms with Gasteiger partial charge in [-0.3, -0.25) is 0 Å². The van der Waals surface area contributed by atoms with Gasteiger partial charge in [0.15, 0.2) is 0 Å². The van der Waals surface area contributed by atoms with E-state index in [1.54, 1.807) is 0 Å². The van der Waals surface area contributed by atoms with Gasteiger partial charge in [-0.05, 0) is 54.2 Å². The number of halogens is 1. The number of hydrogen-bond acceptors (Lipinski definition) is 3. The van der Waals surface area contributed by atoms with Crippen LogP contribution < -0.4 is 9.80 Å². The maximum atomic E-state index is 10.6. The fourth-order valence-corrected chi connectivity index (χ4v) is 6.41. The van der Waals surface area contributed by atoms with Crippen molar-refractivity contribution in [3.05, 3.63) is 29.3 Å². The molecule has 4 nitrogen and oxygen atoms in total. The van der Waals surface area contributed by atoms with Crippen LogP contribution in [0.1, 0.15) is 40.0 Å². The van der Waals surface area contributed by atoms with Crippen LogP contribution in [0.5, 0.6) is 0 Å². The van der Waals surface area contributed by atoms with Crippen molar-refractivity contribution in [2.75, 3.05) is 44.2 Å². The van der Waals surface area contributed by atoms with Gasteiger partial charge < -0.3 is 19.6 Å². The molecule has 0 spiro atoms. The number of nitrogens with zero attached hydrogens (tertiary/aromatic N) is 1. The number of nitrogens with one attached hydrogen (secondary N) is 1. The number of rotatable bonds is 6. The van der Waals surface area contributed by atoms with Crippen LogP contribution in [-0.2, 0) is 4.74 Å². The molecule has 2 saturated carbocycles. The molecule has 0 amide bonds. The maximum Gasteiger partial charge on any atom is 0.126 e. The number of ether oxygens (including phenoxy) is 1. The molecule has 1 saturated heterocycles. The lowest BCUT2D eigenvalue weighted by molar-refractivity contribution is -0.903. The van der Waals surface area contributed by atoms with E-state index in [0.29, 0.717) is 12.0 Å². The van der Waals surface area contributed by atoms with Crippen LogP contribution in [0, 0.1) is 16.7 Å². The molecule has 4 atom stereocenters. The van der Waals surface area contributed by atoms with E-state index in [1.165, 1.54) is 29.8 Å². The van der Waals surface area contributed by atoms with Crippen molar-refractivity contribution in [3.8, 4) is 0 Å². The number of quaternary nitrogens is 1. The number of piperazine rings is 1. The summed E-state index contributed by atoms with van der Waals surface area (Å²) in [5, 5.41) is 11.4. The van der Waals surface area contributed by atoms with Gasteiger partial charge in [0.1, 0.15) is 12.6 Å². The van der Waals surface area contributed by atoms with Gasteiger partial charge in [0.25, 0.3) is 0 Å². The van der Waals surface area contributed by atoms with E-state index in [9.17, 15) is 5.11 Å². The smallest absolute Gasteiger partial charge is 0.126 e. The SMILES string of the molecule is CC1(C)[C@H]2CC[C@](C)(C2)[C@@H]1OC[C@H](O)C[NH+]1CCN(c2cccc(Cl)c2)CC1. The lowest BCUT2D eigenvalue weighted by Gasteiger charge is -2.42. The van der Waals surface area contributed by atoms with E-state index in [1.807, 2.05) is 18.2 Å². The fourth-order valence-electron chi connectivity index (χ4n) is 6.23. The zero-order valence-electron chi connectivity index (χ0n) is 17.6. The standard InChI is InChI=1S/C23H35ClN2O2/c1-22(2)17-7-8-23(3,14-17)21(22)28-16-20(27)15-25-9-11-26(12-10-25)19-6-4-5-18(24)13-19/h4-6,13,17,20-21,27H,7-12,14-16H2,1-3H3/p+1/t17-,20+,21+,23+/m0/s1. The first kappa shape index (κ1) is 20.5. The Morgan fingerprint density at radius 2 is 2.04 bits per heavy atom. The molecule has 1 aromatic carbocycles. The van der Waals surface area contributed by atoms with Crippen LogP contribution in [0.15, 0.2) is 24.3 Å². The van der Waals surface area contributed by atoms with E-state index in [0.717, 1.165) is 43.7 Å². The molecular weight excluding hydrogens is 372 g/mol. The zero-order chi connectivity index (χ0) is 19.9. The van der Waals surface area contributed by atoms with Crippen LogP contribution in [0.2, 0.25) is 5.02 Å². The molecule has 156 valence electrons. The lowest BCUT2D eigenvalue weighted by Crippen LogP contribution is -3.16. The monoisotopic (exact) mass is 407 g/mol. The molecular formula is C23H36ClN2O2+. The Balaban J connectivity index is 1.24. The first-order valence-corrected chi connectivity index (χ1v) is 11.3. The third kappa shape index (κ3) is 3.94. The average molecular weight is 408 g/mol. The van der Waals surface area contributed by atoms with Gasteiger partial charge in [-0.15, -0.1) is 0 Å². The van der Waals surface area contributed by atoms with Gasteiger partial charge in [-0.1, -0.05) is 38.4 Å². The lowest BCUT2D eigenvalue weighted by atomic mass is 9.70. The molecule has 3 fully saturated rings. The topological polar surface area (TPSA) is 37.1 Å². The maximum absolute atomic E-state index is 10.6. The van der Waals surface area contributed by atoms with Gasteiger partial charge in [0, 0.05) is 10.7 Å². The Morgan fingerprint density at radius 3 is 2.68 bits per heavy atom. The molecule has 0 unspecified atom stereocenters. The Kier molecular flexibility index (Phi) is 5.69. The van der Waals surface area contributed by atoms with E-state index in [2.05, 4.69) is 31.7 Å². The number of benzene rings is 1. The fraction of sp³-hybridized carbons (Fsp3) is 0.739. The largest absolute Gasteiger partial charge is 0.385 e. The molecule has 4 rings (SSSR count). The van der Waals surface area contributed by atoms with Crippen LogP contribution in [0.25, 0.3) is 0 Å². The number of fused-ring (bicyclic) bond motifs is 2. The molecule has 1 aliphatic heterocycles. The van der Waals surface area contributed by atoms with Crippen molar-refractivity contribution in [1.29, 1.82) is 0 Å². The Bertz CT molecular complexity index is 684. The predicted octanol–water partition coefficient (Wildman–Crippen LogP) is 2.64. The summed E-state index contributed by atoms with van der Waals surface area (Å²) in [6.07, 6.45) is 3.80. The minimum absolute atomic E-state index is 0.238. The van der Waals surface area contributed by atoms with Gasteiger partial charge in [0.2, 0.25) is 0 Å². The van der Waals surface area contributed by atoms with E-state index in [4.69, 9.17) is 16.3 Å². The third-order valence-electron chi connectivity index (χ3n) is 7.76. The minimum atomic E-state index is -0.383. The highest BCUT2D eigenvalue weighted by Crippen LogP contribution is 2.63. The highest BCUT2D eigenvalue weighted by atomic mass is 35.5. The summed E-state index contributed by atoms with van der Waals surface area (Å²) < 4.78 is 6.37. The van der Waals surface area contributed by atoms with Crippen LogP contribution in [0.3, 0.4) is 0 Å². The third-order valence-corrected chi connectivity index (χ3v) is 8.00. The number of anilines is 1. The van der Waals surface area contributed by atoms with Crippen LogP contribution in [0.4, 0.5) is 5.69 Å². The average Bonchev–Trinajstić information content (AvgIpc) is 3.13. The summed E-state index contributed by atoms with van der Waals surface area (Å²) in [7, 11) is 0. The number of aliphatic hydroxyl groups excluding tert-OH is 1. The summed E-state index contributed by atoms with van der Waals surface area (Å²) in [5.74, 6) is 0.782. The summed E-state index contributed by atoms with van der Waals surface area (Å²) in [6, 6.07) is 8.08. The first-order valence-electron chi connectivity index (χ1n) is 10.9. The van der Waals surface area contributed by atoms with Crippen LogP contribution in [-0.4, -0.2) is 56.6 Å². The second-order valence-electron chi connectivity index (χ2n) is 10.2. The second-order valence-corrected chi connectivity index (χ2v) is 10.6. The van der Waals surface area contributed by atoms with Gasteiger partial charge >= 0.3 is 0 Å². The van der Waals surface area contributed by atoms with Crippen molar-refractivity contribution < 1.29 is 14.7 Å². The van der Waals surface area contributed by atoms with Gasteiger partial charge in [-0.25, -0.2) is 0 Å². The molecule has 3 aliphatic rings. The summed E-state index contributed by atoms with van der Waals surface area (Å²) in [5.41, 5.74) is 1.74. The Hall–Kier alpha value is -0.810. The summed E-state index contributed by atoms with van der Waals surface area (Å²) >= 11 is 6.12. The zero-order valence-corrected chi connectivity index (χ0v) is 18.3. The number of hydrogen-bond donors (Lipinski definition) is 2. The summed E-state index contributed by atoms with van der Waals surface area (Å²) in [6.45, 7) is 12.4. The molecule has 1 aromatic rings. The highest BCUT2D eigenvalue weighted by molar-refractivity contribution is 6.30. The molecule has 2 aliphatic carbocycles. The molecule has 2 bridgehead atoms. The van der Waals surface area contributed by atoms with Crippen molar-refractivity contribution in [2.45, 2.75) is 52.2 Å². The van der Waals surface area contributed by atoms with Gasteiger partial charge in [0.05, 0.1) is 38.9 Å². The quantitative estimate of drug-likeness (QED) is 0.761. The van der Waals surface area contributed by atoms with Crippen molar-refractivity contribution in [3.63, 3.8) is 0 Å². The first-order chi connectivity index (χ1) is 13.3. The molecule has 1 heterocycles. The van der Waals surface area contributed by atoms with Crippen molar-refractivity contribution in [2.24, 2.45) is 16.7 Å². The molecule has 0 radical (unpaired) electrons. The Labute approximate surface area is 174 Å². The number of aliphatic hydroxyl groups is 1. The van der Waals surface area contributed by atoms with Crippen LogP contribution >= 0.6 is 11.6 Å². The summed E-state index contributed by atoms with van der Waals surface area (Å²) in [4.78, 5) is 3.85. The minimum Gasteiger partial charge on any atom is -0.385 e. The highest BCUT2D eigenvalue weighted by Gasteiger charge is 2.60. The van der Waals surface area contributed by atoms with E-state index < -0.39 is 0 Å².